The summed E-state index contributed by atoms with van der Waals surface area (Å²) in [5, 5.41) is 14.7. The van der Waals surface area contributed by atoms with Gasteiger partial charge in [0.25, 0.3) is 0 Å². The number of aliphatic imine (C=N–C) groups is 1. The third-order valence-electron chi connectivity index (χ3n) is 11.5. The van der Waals surface area contributed by atoms with Crippen LogP contribution in [0, 0.1) is 0 Å². The Bertz CT molecular complexity index is 3320. The van der Waals surface area contributed by atoms with Crippen molar-refractivity contribution < 1.29 is 4.42 Å². The molecule has 4 heterocycles. The molecule has 3 aromatic heterocycles. The molecule has 0 fully saturated rings. The second kappa shape index (κ2) is 12.8. The number of thiophene rings is 1. The van der Waals surface area contributed by atoms with Crippen LogP contribution in [0.3, 0.4) is 0 Å². The number of amidine groups is 1. The standard InChI is InChI=1S/C51H34N4OS/c1-3-14-31(15-4-1)49-52-50(32-16-5-2-6-17-32)54-51(53-49)33-28-29-43-39(30-33)46-36(20-12-26-44(46)56-43)37-21-11-22-38-47-42(25-13-27-45(47)57-48(37)38)55-40-23-9-7-18-34(40)35-19-8-10-24-41(35)55/h1-30,49,51,53H,(H,52,54). The summed E-state index contributed by atoms with van der Waals surface area (Å²) < 4.78 is 11.6. The Hall–Kier alpha value is -6.99. The third-order valence-corrected chi connectivity index (χ3v) is 12.7. The summed E-state index contributed by atoms with van der Waals surface area (Å²) in [5.41, 5.74) is 11.0. The lowest BCUT2D eigenvalue weighted by molar-refractivity contribution is 0.409. The second-order valence-electron chi connectivity index (χ2n) is 14.7. The maximum atomic E-state index is 6.59. The van der Waals surface area contributed by atoms with Crippen molar-refractivity contribution in [1.82, 2.24) is 15.2 Å². The van der Waals surface area contributed by atoms with Gasteiger partial charge in [0.2, 0.25) is 0 Å². The molecule has 6 heteroatoms. The van der Waals surface area contributed by atoms with Gasteiger partial charge in [0.05, 0.1) is 16.7 Å². The minimum Gasteiger partial charge on any atom is -0.456 e. The first kappa shape index (κ1) is 32.3. The Morgan fingerprint density at radius 1 is 0.526 bits per heavy atom. The minimum absolute atomic E-state index is 0.116. The van der Waals surface area contributed by atoms with Crippen molar-refractivity contribution in [2.24, 2.45) is 4.99 Å². The highest BCUT2D eigenvalue weighted by molar-refractivity contribution is 7.26. The summed E-state index contributed by atoms with van der Waals surface area (Å²) in [6.45, 7) is 0. The zero-order chi connectivity index (χ0) is 37.5. The van der Waals surface area contributed by atoms with Crippen molar-refractivity contribution in [2.45, 2.75) is 12.3 Å². The number of benzene rings is 8. The summed E-state index contributed by atoms with van der Waals surface area (Å²) in [7, 11) is 0. The van der Waals surface area contributed by atoms with Crippen molar-refractivity contribution in [1.29, 1.82) is 0 Å². The second-order valence-corrected chi connectivity index (χ2v) is 15.8. The summed E-state index contributed by atoms with van der Waals surface area (Å²) in [6.07, 6.45) is -0.396. The van der Waals surface area contributed by atoms with E-state index in [1.54, 1.807) is 0 Å². The van der Waals surface area contributed by atoms with E-state index in [9.17, 15) is 0 Å². The molecule has 8 aromatic carbocycles. The zero-order valence-corrected chi connectivity index (χ0v) is 31.5. The first-order valence-electron chi connectivity index (χ1n) is 19.4. The average molecular weight is 751 g/mol. The minimum atomic E-state index is -0.279. The van der Waals surface area contributed by atoms with Gasteiger partial charge in [0.15, 0.2) is 0 Å². The van der Waals surface area contributed by atoms with E-state index in [0.29, 0.717) is 0 Å². The van der Waals surface area contributed by atoms with Gasteiger partial charge in [-0.2, -0.15) is 0 Å². The van der Waals surface area contributed by atoms with Crippen molar-refractivity contribution in [3.63, 3.8) is 0 Å². The lowest BCUT2D eigenvalue weighted by Crippen LogP contribution is -2.44. The number of hydrogen-bond donors (Lipinski definition) is 2. The van der Waals surface area contributed by atoms with Gasteiger partial charge in [-0.1, -0.05) is 140 Å². The van der Waals surface area contributed by atoms with Crippen LogP contribution in [0.2, 0.25) is 0 Å². The fourth-order valence-corrected chi connectivity index (χ4v) is 10.2. The Morgan fingerprint density at radius 2 is 1.21 bits per heavy atom. The van der Waals surface area contributed by atoms with Crippen LogP contribution in [0.15, 0.2) is 191 Å². The van der Waals surface area contributed by atoms with E-state index >= 15 is 0 Å². The molecule has 2 unspecified atom stereocenters. The molecule has 0 saturated heterocycles. The number of furan rings is 1. The highest BCUT2D eigenvalue weighted by Crippen LogP contribution is 2.46. The average Bonchev–Trinajstić information content (AvgIpc) is 3.96. The van der Waals surface area contributed by atoms with Crippen LogP contribution in [0.5, 0.6) is 0 Å². The van der Waals surface area contributed by atoms with Crippen molar-refractivity contribution >= 4 is 81.1 Å². The molecule has 57 heavy (non-hydrogen) atoms. The van der Waals surface area contributed by atoms with Gasteiger partial charge in [-0.3, -0.25) is 5.32 Å². The molecule has 0 bridgehead atoms. The van der Waals surface area contributed by atoms with Crippen molar-refractivity contribution in [3.05, 3.63) is 199 Å². The molecule has 5 nitrogen and oxygen atoms in total. The lowest BCUT2D eigenvalue weighted by Gasteiger charge is -2.32. The first-order valence-corrected chi connectivity index (χ1v) is 20.2. The largest absolute Gasteiger partial charge is 0.456 e. The molecular formula is C51H34N4OS. The van der Waals surface area contributed by atoms with E-state index in [2.05, 4.69) is 191 Å². The SMILES string of the molecule is c1ccc(C2=NC(c3ccc4oc5cccc(-c6cccc7c6sc6cccc(-n8c9ccccc9c9ccccc98)c67)c5c4c3)NC(c3ccccc3)N2)cc1. The smallest absolute Gasteiger partial charge is 0.136 e. The van der Waals surface area contributed by atoms with E-state index < -0.39 is 0 Å². The molecular weight excluding hydrogens is 717 g/mol. The Balaban J connectivity index is 1.04. The van der Waals surface area contributed by atoms with E-state index in [1.165, 1.54) is 53.2 Å². The first-order chi connectivity index (χ1) is 28.3. The molecule has 2 N–H and O–H groups in total. The van der Waals surface area contributed by atoms with Gasteiger partial charge in [-0.15, -0.1) is 11.3 Å². The molecule has 0 saturated carbocycles. The van der Waals surface area contributed by atoms with Crippen LogP contribution in [0.4, 0.5) is 0 Å². The lowest BCUT2D eigenvalue weighted by atomic mass is 9.96. The summed E-state index contributed by atoms with van der Waals surface area (Å²) >= 11 is 1.87. The van der Waals surface area contributed by atoms with E-state index in [-0.39, 0.29) is 12.3 Å². The number of nitrogens with one attached hydrogen (secondary N) is 2. The van der Waals surface area contributed by atoms with Crippen LogP contribution in [-0.2, 0) is 0 Å². The maximum absolute atomic E-state index is 6.59. The maximum Gasteiger partial charge on any atom is 0.136 e. The predicted octanol–water partition coefficient (Wildman–Crippen LogP) is 13.1. The zero-order valence-electron chi connectivity index (χ0n) is 30.7. The van der Waals surface area contributed by atoms with E-state index in [1.807, 2.05) is 17.4 Å². The summed E-state index contributed by atoms with van der Waals surface area (Å²) in [5.74, 6) is 0.864. The summed E-state index contributed by atoms with van der Waals surface area (Å²) in [4.78, 5) is 5.25. The van der Waals surface area contributed by atoms with E-state index in [4.69, 9.17) is 9.41 Å². The topological polar surface area (TPSA) is 54.5 Å². The fourth-order valence-electron chi connectivity index (χ4n) is 8.94. The number of rotatable bonds is 5. The van der Waals surface area contributed by atoms with Crippen LogP contribution < -0.4 is 10.6 Å². The van der Waals surface area contributed by atoms with Crippen LogP contribution >= 0.6 is 11.3 Å². The van der Waals surface area contributed by atoms with Gasteiger partial charge >= 0.3 is 0 Å². The molecule has 0 amide bonds. The number of aromatic nitrogens is 1. The molecule has 12 rings (SSSR count). The fraction of sp³-hybridized carbons (Fsp3) is 0.0392. The Morgan fingerprint density at radius 3 is 2.02 bits per heavy atom. The van der Waals surface area contributed by atoms with Gasteiger partial charge in [0, 0.05) is 52.8 Å². The number of para-hydroxylation sites is 2. The predicted molar refractivity (Wildman–Crippen MR) is 238 cm³/mol. The molecule has 1 aliphatic rings. The Labute approximate surface area is 332 Å². The molecule has 0 aliphatic carbocycles. The number of fused-ring (bicyclic) bond motifs is 9. The van der Waals surface area contributed by atoms with Gasteiger partial charge in [-0.25, -0.2) is 4.99 Å². The van der Waals surface area contributed by atoms with Crippen LogP contribution in [0.25, 0.3) is 80.7 Å². The van der Waals surface area contributed by atoms with Crippen LogP contribution in [0.1, 0.15) is 29.0 Å². The number of hydrogen-bond acceptors (Lipinski definition) is 5. The van der Waals surface area contributed by atoms with Crippen LogP contribution in [-0.4, -0.2) is 10.4 Å². The van der Waals surface area contributed by atoms with Gasteiger partial charge in [-0.05, 0) is 59.2 Å². The highest BCUT2D eigenvalue weighted by Gasteiger charge is 2.27. The molecule has 2 atom stereocenters. The monoisotopic (exact) mass is 750 g/mol. The van der Waals surface area contributed by atoms with Crippen molar-refractivity contribution in [2.75, 3.05) is 0 Å². The van der Waals surface area contributed by atoms with E-state index in [0.717, 1.165) is 50.0 Å². The molecule has 11 aromatic rings. The van der Waals surface area contributed by atoms with Crippen molar-refractivity contribution in [3.8, 4) is 16.8 Å². The third kappa shape index (κ3) is 5.08. The molecule has 270 valence electrons. The Kier molecular flexibility index (Phi) is 7.24. The summed E-state index contributed by atoms with van der Waals surface area (Å²) in [6, 6.07) is 64.8. The number of nitrogens with zero attached hydrogens (tertiary/aromatic N) is 2. The quantitative estimate of drug-likeness (QED) is 0.184. The molecule has 0 radical (unpaired) electrons. The normalized spacial score (nSPS) is 15.9. The molecule has 0 spiro atoms. The highest BCUT2D eigenvalue weighted by atomic mass is 32.1. The van der Waals surface area contributed by atoms with Gasteiger partial charge in [0.1, 0.15) is 29.3 Å². The van der Waals surface area contributed by atoms with Gasteiger partial charge < -0.3 is 14.3 Å². The molecule has 1 aliphatic heterocycles.